The number of hydrogen-bond donors (Lipinski definition) is 6. The molecule has 4 amide bonds. The van der Waals surface area contributed by atoms with Gasteiger partial charge in [0.15, 0.2) is 9.84 Å². The van der Waals surface area contributed by atoms with Crippen LogP contribution in [0.15, 0.2) is 113 Å². The van der Waals surface area contributed by atoms with Gasteiger partial charge < -0.3 is 36.2 Å². The van der Waals surface area contributed by atoms with Crippen molar-refractivity contribution in [1.29, 1.82) is 0 Å². The largest absolute Gasteiger partial charge is 0.481 e. The average Bonchev–Trinajstić information content (AvgIpc) is 3.17. The molecule has 0 aliphatic rings. The number of para-hydroxylation sites is 1. The minimum Gasteiger partial charge on any atom is -0.481 e. The zero-order chi connectivity index (χ0) is 41.5. The van der Waals surface area contributed by atoms with Crippen molar-refractivity contribution in [3.05, 3.63) is 120 Å². The maximum atomic E-state index is 14.0. The first-order valence-electron chi connectivity index (χ1n) is 17.8. The highest BCUT2D eigenvalue weighted by Gasteiger charge is 2.33. The van der Waals surface area contributed by atoms with E-state index in [1.807, 2.05) is 12.1 Å². The van der Waals surface area contributed by atoms with E-state index in [4.69, 9.17) is 4.74 Å². The lowest BCUT2D eigenvalue weighted by molar-refractivity contribution is -0.140. The molecule has 17 heteroatoms. The van der Waals surface area contributed by atoms with Crippen LogP contribution in [0.2, 0.25) is 0 Å². The molecule has 57 heavy (non-hydrogen) atoms. The number of ether oxygens (including phenoxy) is 1. The number of alkyl carbamates (subject to hydrolysis) is 1. The molecule has 4 rings (SSSR count). The lowest BCUT2D eigenvalue weighted by Gasteiger charge is -2.27. The summed E-state index contributed by atoms with van der Waals surface area (Å²) in [6.07, 6.45) is -1.86. The molecule has 4 atom stereocenters. The van der Waals surface area contributed by atoms with Gasteiger partial charge in [-0.1, -0.05) is 86.6 Å². The number of hydrogen-bond acceptors (Lipinski definition) is 10. The molecule has 0 aliphatic heterocycles. The van der Waals surface area contributed by atoms with Gasteiger partial charge in [0.25, 0.3) is 0 Å². The zero-order valence-corrected chi connectivity index (χ0v) is 31.8. The number of rotatable bonds is 19. The normalized spacial score (nSPS) is 13.5. The van der Waals surface area contributed by atoms with E-state index in [1.54, 1.807) is 74.5 Å². The van der Waals surface area contributed by atoms with Gasteiger partial charge in [0.1, 0.15) is 24.7 Å². The molecular weight excluding hydrogens is 759 g/mol. The molecule has 1 aromatic heterocycles. The van der Waals surface area contributed by atoms with Gasteiger partial charge >= 0.3 is 18.0 Å². The summed E-state index contributed by atoms with van der Waals surface area (Å²) in [5.74, 6) is -6.20. The van der Waals surface area contributed by atoms with Crippen molar-refractivity contribution in [2.45, 2.75) is 68.8 Å². The number of fused-ring (bicyclic) bond motifs is 1. The van der Waals surface area contributed by atoms with E-state index in [9.17, 15) is 47.4 Å². The third-order valence-corrected chi connectivity index (χ3v) is 9.88. The molecule has 16 nitrogen and oxygen atoms in total. The number of carboxylic acids is 2. The van der Waals surface area contributed by atoms with Crippen LogP contribution >= 0.6 is 0 Å². The number of carbonyl (C=O) groups is 6. The van der Waals surface area contributed by atoms with E-state index >= 15 is 0 Å². The van der Waals surface area contributed by atoms with Crippen molar-refractivity contribution in [3.8, 4) is 0 Å². The highest BCUT2D eigenvalue weighted by atomic mass is 32.2. The van der Waals surface area contributed by atoms with E-state index in [1.165, 1.54) is 24.3 Å². The lowest BCUT2D eigenvalue weighted by Crippen LogP contribution is -2.59. The van der Waals surface area contributed by atoms with Gasteiger partial charge in [-0.2, -0.15) is 0 Å². The van der Waals surface area contributed by atoms with Crippen molar-refractivity contribution in [3.63, 3.8) is 0 Å². The van der Waals surface area contributed by atoms with Gasteiger partial charge in [0.2, 0.25) is 17.7 Å². The van der Waals surface area contributed by atoms with Crippen LogP contribution in [-0.2, 0) is 51.6 Å². The number of carboxylic acid groups (broad SMARTS) is 2. The molecule has 0 spiro atoms. The third kappa shape index (κ3) is 13.6. The number of amides is 4. The van der Waals surface area contributed by atoms with Crippen molar-refractivity contribution in [2.24, 2.45) is 5.92 Å². The summed E-state index contributed by atoms with van der Waals surface area (Å²) in [4.78, 5) is 81.9. The van der Waals surface area contributed by atoms with Gasteiger partial charge in [-0.3, -0.25) is 29.0 Å². The van der Waals surface area contributed by atoms with Crippen LogP contribution in [0.1, 0.15) is 37.9 Å². The van der Waals surface area contributed by atoms with Crippen LogP contribution in [0.25, 0.3) is 10.9 Å². The maximum Gasteiger partial charge on any atom is 0.408 e. The van der Waals surface area contributed by atoms with Gasteiger partial charge in [-0.25, -0.2) is 13.2 Å². The Morgan fingerprint density at radius 1 is 0.702 bits per heavy atom. The van der Waals surface area contributed by atoms with E-state index in [-0.39, 0.29) is 17.9 Å². The summed E-state index contributed by atoms with van der Waals surface area (Å²) in [6.45, 7) is 3.02. The highest BCUT2D eigenvalue weighted by Crippen LogP contribution is 2.15. The quantitative estimate of drug-likeness (QED) is 0.0801. The summed E-state index contributed by atoms with van der Waals surface area (Å²) >= 11 is 0. The number of aliphatic carboxylic acids is 2. The fourth-order valence-electron chi connectivity index (χ4n) is 5.51. The number of nitrogens with one attached hydrogen (secondary N) is 4. The number of carbonyl (C=O) groups excluding carboxylic acids is 4. The smallest absolute Gasteiger partial charge is 0.408 e. The Bertz CT molecular complexity index is 2200. The molecule has 0 unspecified atom stereocenters. The lowest BCUT2D eigenvalue weighted by atomic mass is 10.0. The van der Waals surface area contributed by atoms with Gasteiger partial charge in [-0.05, 0) is 41.8 Å². The van der Waals surface area contributed by atoms with E-state index in [0.29, 0.717) is 16.8 Å². The van der Waals surface area contributed by atoms with Crippen molar-refractivity contribution in [2.75, 3.05) is 0 Å². The molecule has 0 bridgehead atoms. The second kappa shape index (κ2) is 20.3. The van der Waals surface area contributed by atoms with Crippen LogP contribution in [0.4, 0.5) is 4.79 Å². The predicted molar refractivity (Wildman–Crippen MR) is 207 cm³/mol. The maximum absolute atomic E-state index is 14.0. The fraction of sp³-hybridized carbons (Fsp3) is 0.275. The predicted octanol–water partition coefficient (Wildman–Crippen LogP) is 3.12. The monoisotopic (exact) mass is 801 g/mol. The average molecular weight is 802 g/mol. The molecular formula is C40H43N5O11S. The Morgan fingerprint density at radius 3 is 1.96 bits per heavy atom. The Morgan fingerprint density at radius 2 is 1.32 bits per heavy atom. The first kappa shape index (κ1) is 43.1. The molecule has 0 fully saturated rings. The third-order valence-electron chi connectivity index (χ3n) is 8.43. The molecule has 0 saturated heterocycles. The number of aromatic nitrogens is 1. The Labute approximate surface area is 328 Å². The molecule has 0 aliphatic carbocycles. The fourth-order valence-corrected chi connectivity index (χ4v) is 6.60. The number of sulfone groups is 1. The molecule has 4 aromatic rings. The summed E-state index contributed by atoms with van der Waals surface area (Å²) in [5, 5.41) is 30.5. The standard InChI is InChI=1S/C40H43N5O11S/c1-25(2)36(39(52)42-29(22-34(46)47)19-20-57(54,55)30-14-7-4-8-15-30)45-38(51)32(21-28-18-17-27-13-9-10-16-31(27)41-28)43-37(50)33(23-35(48)49)44-40(53)56-24-26-11-5-3-6-12-26/h3-20,25,29,32-33,36H,21-24H2,1-2H3,(H,42,52)(H,43,50)(H,44,53)(H,45,51)(H,46,47)(H,48,49)/b20-19+/t29-,32-,33+,36+/m1/s1. The van der Waals surface area contributed by atoms with Crippen molar-refractivity contribution < 1.29 is 52.1 Å². The second-order valence-electron chi connectivity index (χ2n) is 13.2. The van der Waals surface area contributed by atoms with Gasteiger partial charge in [-0.15, -0.1) is 0 Å². The van der Waals surface area contributed by atoms with Crippen LogP contribution in [0.3, 0.4) is 0 Å². The van der Waals surface area contributed by atoms with Gasteiger partial charge in [0.05, 0.1) is 29.3 Å². The van der Waals surface area contributed by atoms with Crippen molar-refractivity contribution in [1.82, 2.24) is 26.3 Å². The first-order valence-corrected chi connectivity index (χ1v) is 19.3. The molecule has 0 saturated carbocycles. The summed E-state index contributed by atoms with van der Waals surface area (Å²) in [5.41, 5.74) is 1.56. The van der Waals surface area contributed by atoms with Crippen LogP contribution < -0.4 is 21.3 Å². The Hall–Kier alpha value is -6.62. The first-order chi connectivity index (χ1) is 27.1. The highest BCUT2D eigenvalue weighted by molar-refractivity contribution is 7.94. The summed E-state index contributed by atoms with van der Waals surface area (Å²) < 4.78 is 30.8. The van der Waals surface area contributed by atoms with Gasteiger partial charge in [0, 0.05) is 22.9 Å². The summed E-state index contributed by atoms with van der Waals surface area (Å²) in [7, 11) is -4.00. The minimum atomic E-state index is -4.00. The summed E-state index contributed by atoms with van der Waals surface area (Å²) in [6, 6.07) is 20.7. The molecule has 1 heterocycles. The SMILES string of the molecule is CC(C)[C@H](NC(=O)[C@@H](Cc1ccc2ccccc2n1)NC(=O)[C@H](CC(=O)O)NC(=O)OCc1ccccc1)C(=O)N[C@H](/C=C/S(=O)(=O)c1ccccc1)CC(=O)O. The number of nitrogens with zero attached hydrogens (tertiary/aromatic N) is 1. The van der Waals surface area contributed by atoms with E-state index < -0.39 is 88.5 Å². The molecule has 6 N–H and O–H groups in total. The van der Waals surface area contributed by atoms with Crippen molar-refractivity contribution >= 4 is 56.5 Å². The molecule has 300 valence electrons. The Balaban J connectivity index is 1.56. The van der Waals surface area contributed by atoms with Crippen LogP contribution in [-0.4, -0.2) is 83.5 Å². The van der Waals surface area contributed by atoms with E-state index in [0.717, 1.165) is 16.9 Å². The van der Waals surface area contributed by atoms with Crippen LogP contribution in [0, 0.1) is 5.92 Å². The van der Waals surface area contributed by atoms with E-state index in [2.05, 4.69) is 26.3 Å². The minimum absolute atomic E-state index is 0.0483. The second-order valence-corrected chi connectivity index (χ2v) is 15.1. The Kier molecular flexibility index (Phi) is 15.4. The number of pyridine rings is 1. The molecule has 0 radical (unpaired) electrons. The topological polar surface area (TPSA) is 247 Å². The van der Waals surface area contributed by atoms with Crippen LogP contribution in [0.5, 0.6) is 0 Å². The molecule has 3 aromatic carbocycles. The number of benzene rings is 3. The zero-order valence-electron chi connectivity index (χ0n) is 31.0.